The van der Waals surface area contributed by atoms with Gasteiger partial charge >= 0.3 is 0 Å². The zero-order valence-corrected chi connectivity index (χ0v) is 15.2. The highest BCUT2D eigenvalue weighted by atomic mass is 32.2. The maximum Gasteiger partial charge on any atom is 0.230 e. The van der Waals surface area contributed by atoms with Gasteiger partial charge in [-0.2, -0.15) is 0 Å². The van der Waals surface area contributed by atoms with Crippen molar-refractivity contribution in [2.75, 3.05) is 20.0 Å². The van der Waals surface area contributed by atoms with Crippen molar-refractivity contribution in [3.05, 3.63) is 36.2 Å². The van der Waals surface area contributed by atoms with Gasteiger partial charge in [-0.25, -0.2) is 4.98 Å². The molecule has 0 radical (unpaired) electrons. The van der Waals surface area contributed by atoms with Crippen molar-refractivity contribution in [1.82, 2.24) is 14.9 Å². The summed E-state index contributed by atoms with van der Waals surface area (Å²) in [6.45, 7) is 4.80. The molecule has 1 unspecified atom stereocenters. The van der Waals surface area contributed by atoms with Crippen LogP contribution in [0.25, 0.3) is 0 Å². The molecule has 2 aromatic rings. The second kappa shape index (κ2) is 8.63. The summed E-state index contributed by atoms with van der Waals surface area (Å²) in [6.07, 6.45) is 3.65. The van der Waals surface area contributed by atoms with Crippen LogP contribution in [0, 0.1) is 0 Å². The summed E-state index contributed by atoms with van der Waals surface area (Å²) in [6, 6.07) is 5.36. The summed E-state index contributed by atoms with van der Waals surface area (Å²) in [5.74, 6) is 1.71. The fourth-order valence-electron chi connectivity index (χ4n) is 2.35. The molecule has 1 atom stereocenters. The van der Waals surface area contributed by atoms with E-state index in [1.165, 1.54) is 11.8 Å². The third-order valence-electron chi connectivity index (χ3n) is 3.63. The molecule has 24 heavy (non-hydrogen) atoms. The number of nitrogens with one attached hydrogen (secondary N) is 1. The van der Waals surface area contributed by atoms with E-state index in [0.29, 0.717) is 5.75 Å². The van der Waals surface area contributed by atoms with Gasteiger partial charge in [0, 0.05) is 24.5 Å². The van der Waals surface area contributed by atoms with Crippen LogP contribution in [0.5, 0.6) is 11.5 Å². The van der Waals surface area contributed by atoms with Gasteiger partial charge in [-0.05, 0) is 32.0 Å². The van der Waals surface area contributed by atoms with Gasteiger partial charge in [0.15, 0.2) is 5.16 Å². The molecule has 0 bridgehead atoms. The number of ether oxygens (including phenoxy) is 2. The van der Waals surface area contributed by atoms with E-state index >= 15 is 0 Å². The number of aromatic nitrogens is 2. The van der Waals surface area contributed by atoms with E-state index in [1.54, 1.807) is 20.4 Å². The second-order valence-corrected chi connectivity index (χ2v) is 6.12. The van der Waals surface area contributed by atoms with Gasteiger partial charge in [0.2, 0.25) is 5.91 Å². The lowest BCUT2D eigenvalue weighted by Crippen LogP contribution is -2.28. The maximum absolute atomic E-state index is 12.2. The topological polar surface area (TPSA) is 65.4 Å². The van der Waals surface area contributed by atoms with Gasteiger partial charge in [-0.1, -0.05) is 11.8 Å². The molecule has 1 heterocycles. The predicted molar refractivity (Wildman–Crippen MR) is 94.7 cm³/mol. The first-order valence-electron chi connectivity index (χ1n) is 7.74. The first kappa shape index (κ1) is 18.2. The van der Waals surface area contributed by atoms with Crippen LogP contribution in [0.15, 0.2) is 35.7 Å². The summed E-state index contributed by atoms with van der Waals surface area (Å²) in [5.41, 5.74) is 0.880. The number of benzene rings is 1. The van der Waals surface area contributed by atoms with Crippen LogP contribution in [0.3, 0.4) is 0 Å². The molecule has 7 heteroatoms. The van der Waals surface area contributed by atoms with Crippen LogP contribution < -0.4 is 14.8 Å². The molecule has 0 saturated carbocycles. The van der Waals surface area contributed by atoms with Gasteiger partial charge in [0.25, 0.3) is 0 Å². The van der Waals surface area contributed by atoms with Gasteiger partial charge in [0.05, 0.1) is 26.0 Å². The predicted octanol–water partition coefficient (Wildman–Crippen LogP) is 2.89. The molecule has 1 N–H and O–H groups in total. The molecule has 0 aliphatic rings. The lowest BCUT2D eigenvalue weighted by molar-refractivity contribution is -0.119. The molecule has 1 aromatic carbocycles. The molecule has 0 aliphatic heterocycles. The Balaban J connectivity index is 1.98. The Bertz CT molecular complexity index is 687. The monoisotopic (exact) mass is 349 g/mol. The van der Waals surface area contributed by atoms with E-state index in [-0.39, 0.29) is 11.9 Å². The van der Waals surface area contributed by atoms with Gasteiger partial charge in [-0.3, -0.25) is 4.79 Å². The molecule has 2 rings (SSSR count). The normalized spacial score (nSPS) is 11.8. The van der Waals surface area contributed by atoms with Crippen LogP contribution in [-0.2, 0) is 11.3 Å². The van der Waals surface area contributed by atoms with Gasteiger partial charge < -0.3 is 19.4 Å². The average molecular weight is 349 g/mol. The zero-order chi connectivity index (χ0) is 17.5. The Hall–Kier alpha value is -2.15. The third kappa shape index (κ3) is 4.44. The number of amides is 1. The van der Waals surface area contributed by atoms with Gasteiger partial charge in [-0.15, -0.1) is 0 Å². The van der Waals surface area contributed by atoms with Gasteiger partial charge in [0.1, 0.15) is 11.5 Å². The molecule has 1 aromatic heterocycles. The molecule has 1 amide bonds. The Morgan fingerprint density at radius 2 is 2.17 bits per heavy atom. The Morgan fingerprint density at radius 1 is 1.38 bits per heavy atom. The highest BCUT2D eigenvalue weighted by Gasteiger charge is 2.16. The Kier molecular flexibility index (Phi) is 6.54. The molecular formula is C17H23N3O3S. The largest absolute Gasteiger partial charge is 0.497 e. The quantitative estimate of drug-likeness (QED) is 0.743. The van der Waals surface area contributed by atoms with Crippen molar-refractivity contribution >= 4 is 17.7 Å². The van der Waals surface area contributed by atoms with Crippen LogP contribution in [0.4, 0.5) is 0 Å². The standard InChI is InChI=1S/C17H23N3O3S/c1-5-20-9-8-18-17(20)24-11-16(21)19-12(2)14-10-13(22-3)6-7-15(14)23-4/h6-10,12H,5,11H2,1-4H3,(H,19,21). The summed E-state index contributed by atoms with van der Waals surface area (Å²) in [4.78, 5) is 16.5. The molecule has 0 fully saturated rings. The summed E-state index contributed by atoms with van der Waals surface area (Å²) >= 11 is 1.43. The number of nitrogens with zero attached hydrogens (tertiary/aromatic N) is 2. The Morgan fingerprint density at radius 3 is 2.83 bits per heavy atom. The smallest absolute Gasteiger partial charge is 0.230 e. The number of carbonyl (C=O) groups is 1. The van der Waals surface area contributed by atoms with Crippen LogP contribution in [0.2, 0.25) is 0 Å². The summed E-state index contributed by atoms with van der Waals surface area (Å²) < 4.78 is 12.6. The lowest BCUT2D eigenvalue weighted by Gasteiger charge is -2.18. The minimum absolute atomic E-state index is 0.0528. The molecule has 0 aliphatic carbocycles. The SMILES string of the molecule is CCn1ccnc1SCC(=O)NC(C)c1cc(OC)ccc1OC. The third-order valence-corrected chi connectivity index (χ3v) is 4.64. The molecule has 0 spiro atoms. The lowest BCUT2D eigenvalue weighted by atomic mass is 10.1. The van der Waals surface area contributed by atoms with E-state index in [2.05, 4.69) is 10.3 Å². The zero-order valence-electron chi connectivity index (χ0n) is 14.4. The number of imidazole rings is 1. The fraction of sp³-hybridized carbons (Fsp3) is 0.412. The minimum atomic E-state index is -0.186. The highest BCUT2D eigenvalue weighted by Crippen LogP contribution is 2.29. The first-order valence-corrected chi connectivity index (χ1v) is 8.72. The molecular weight excluding hydrogens is 326 g/mol. The van der Waals surface area contributed by atoms with Crippen molar-refractivity contribution < 1.29 is 14.3 Å². The number of rotatable bonds is 8. The second-order valence-electron chi connectivity index (χ2n) is 5.18. The van der Waals surface area contributed by atoms with Crippen molar-refractivity contribution in [2.45, 2.75) is 31.6 Å². The molecule has 0 saturated heterocycles. The number of carbonyl (C=O) groups excluding carboxylic acids is 1. The number of thioether (sulfide) groups is 1. The first-order chi connectivity index (χ1) is 11.6. The van der Waals surface area contributed by atoms with Crippen molar-refractivity contribution in [2.24, 2.45) is 0 Å². The summed E-state index contributed by atoms with van der Waals surface area (Å²) in [5, 5.41) is 3.84. The molecule has 6 nitrogen and oxygen atoms in total. The number of hydrogen-bond acceptors (Lipinski definition) is 5. The number of aryl methyl sites for hydroxylation is 1. The van der Waals surface area contributed by atoms with E-state index in [9.17, 15) is 4.79 Å². The minimum Gasteiger partial charge on any atom is -0.497 e. The van der Waals surface area contributed by atoms with E-state index in [1.807, 2.05) is 42.8 Å². The summed E-state index contributed by atoms with van der Waals surface area (Å²) in [7, 11) is 3.22. The van der Waals surface area contributed by atoms with Crippen molar-refractivity contribution in [1.29, 1.82) is 0 Å². The van der Waals surface area contributed by atoms with Crippen molar-refractivity contribution in [3.63, 3.8) is 0 Å². The van der Waals surface area contributed by atoms with E-state index < -0.39 is 0 Å². The van der Waals surface area contributed by atoms with Crippen molar-refractivity contribution in [3.8, 4) is 11.5 Å². The van der Waals surface area contributed by atoms with Crippen LogP contribution >= 0.6 is 11.8 Å². The Labute approximate surface area is 146 Å². The molecule has 130 valence electrons. The van der Waals surface area contributed by atoms with Crippen LogP contribution in [0.1, 0.15) is 25.5 Å². The van der Waals surface area contributed by atoms with E-state index in [4.69, 9.17) is 9.47 Å². The number of methoxy groups -OCH3 is 2. The number of hydrogen-bond donors (Lipinski definition) is 1. The van der Waals surface area contributed by atoms with Crippen LogP contribution in [-0.4, -0.2) is 35.4 Å². The highest BCUT2D eigenvalue weighted by molar-refractivity contribution is 7.99. The average Bonchev–Trinajstić information content (AvgIpc) is 3.06. The maximum atomic E-state index is 12.2. The van der Waals surface area contributed by atoms with E-state index in [0.717, 1.165) is 28.8 Å². The fourth-order valence-corrected chi connectivity index (χ4v) is 3.18.